The lowest BCUT2D eigenvalue weighted by molar-refractivity contribution is -0.118. The summed E-state index contributed by atoms with van der Waals surface area (Å²) in [5.74, 6) is 0.816. The molecule has 2 rings (SSSR count). The van der Waals surface area contributed by atoms with Crippen LogP contribution in [0.25, 0.3) is 0 Å². The van der Waals surface area contributed by atoms with Gasteiger partial charge in [0.1, 0.15) is 5.82 Å². The molecule has 1 aromatic carbocycles. The molecule has 0 unspecified atom stereocenters. The minimum absolute atomic E-state index is 0.0591. The van der Waals surface area contributed by atoms with Crippen molar-refractivity contribution in [2.24, 2.45) is 0 Å². The Labute approximate surface area is 98.6 Å². The zero-order chi connectivity index (χ0) is 11.4. The van der Waals surface area contributed by atoms with E-state index < -0.39 is 0 Å². The molecule has 16 heavy (non-hydrogen) atoms. The molecule has 0 aromatic heterocycles. The van der Waals surface area contributed by atoms with Crippen LogP contribution >= 0.6 is 11.8 Å². The molecule has 0 radical (unpaired) electrons. The highest BCUT2D eigenvalue weighted by atomic mass is 32.2. The van der Waals surface area contributed by atoms with Crippen molar-refractivity contribution in [2.75, 3.05) is 5.75 Å². The first-order valence-corrected chi connectivity index (χ1v) is 6.51. The van der Waals surface area contributed by atoms with Gasteiger partial charge in [-0.2, -0.15) is 0 Å². The second kappa shape index (κ2) is 5.34. The van der Waals surface area contributed by atoms with Crippen LogP contribution in [0, 0.1) is 5.82 Å². The molecule has 1 aliphatic carbocycles. The summed E-state index contributed by atoms with van der Waals surface area (Å²) in [6.07, 6.45) is 2.20. The third-order valence-corrected chi connectivity index (χ3v) is 3.37. The van der Waals surface area contributed by atoms with Crippen molar-refractivity contribution in [1.82, 2.24) is 5.32 Å². The van der Waals surface area contributed by atoms with Gasteiger partial charge in [-0.25, -0.2) is 4.39 Å². The van der Waals surface area contributed by atoms with Gasteiger partial charge in [-0.3, -0.25) is 4.79 Å². The van der Waals surface area contributed by atoms with Crippen molar-refractivity contribution >= 4 is 17.7 Å². The maximum atomic E-state index is 13.2. The van der Waals surface area contributed by atoms with Crippen LogP contribution < -0.4 is 5.32 Å². The van der Waals surface area contributed by atoms with Crippen LogP contribution in [0.3, 0.4) is 0 Å². The van der Waals surface area contributed by atoms with E-state index in [4.69, 9.17) is 0 Å². The number of halogens is 1. The van der Waals surface area contributed by atoms with Crippen LogP contribution in [-0.2, 0) is 10.5 Å². The molecule has 0 bridgehead atoms. The van der Waals surface area contributed by atoms with E-state index in [0.29, 0.717) is 23.1 Å². The lowest BCUT2D eigenvalue weighted by Crippen LogP contribution is -2.27. The number of hydrogen-bond donors (Lipinski definition) is 1. The molecule has 1 saturated carbocycles. The molecular weight excluding hydrogens is 225 g/mol. The molecule has 0 heterocycles. The fourth-order valence-electron chi connectivity index (χ4n) is 1.37. The van der Waals surface area contributed by atoms with Crippen LogP contribution in [0.4, 0.5) is 4.39 Å². The molecule has 1 aromatic rings. The SMILES string of the molecule is O=C(CSCc1ccccc1F)NC1CC1. The maximum absolute atomic E-state index is 13.2. The second-order valence-corrected chi connectivity index (χ2v) is 4.91. The van der Waals surface area contributed by atoms with Crippen molar-refractivity contribution in [3.63, 3.8) is 0 Å². The second-order valence-electron chi connectivity index (χ2n) is 3.93. The van der Waals surface area contributed by atoms with Gasteiger partial charge < -0.3 is 5.32 Å². The number of carbonyl (C=O) groups excluding carboxylic acids is 1. The first kappa shape index (κ1) is 11.5. The third-order valence-electron chi connectivity index (χ3n) is 2.39. The summed E-state index contributed by atoms with van der Waals surface area (Å²) in [6, 6.07) is 7.08. The molecule has 4 heteroatoms. The lowest BCUT2D eigenvalue weighted by atomic mass is 10.2. The normalized spacial score (nSPS) is 14.8. The van der Waals surface area contributed by atoms with Gasteiger partial charge in [-0.15, -0.1) is 11.8 Å². The number of thioether (sulfide) groups is 1. The largest absolute Gasteiger partial charge is 0.353 e. The molecule has 0 saturated heterocycles. The minimum atomic E-state index is -0.197. The monoisotopic (exact) mass is 239 g/mol. The molecule has 0 spiro atoms. The summed E-state index contributed by atoms with van der Waals surface area (Å²) < 4.78 is 13.2. The van der Waals surface area contributed by atoms with Crippen molar-refractivity contribution in [3.05, 3.63) is 35.6 Å². The van der Waals surface area contributed by atoms with Crippen molar-refractivity contribution in [1.29, 1.82) is 0 Å². The maximum Gasteiger partial charge on any atom is 0.230 e. The summed E-state index contributed by atoms with van der Waals surface area (Å²) in [6.45, 7) is 0. The quantitative estimate of drug-likeness (QED) is 0.854. The van der Waals surface area contributed by atoms with E-state index in [1.54, 1.807) is 12.1 Å². The number of nitrogens with one attached hydrogen (secondary N) is 1. The Morgan fingerprint density at radius 3 is 2.88 bits per heavy atom. The van der Waals surface area contributed by atoms with Crippen LogP contribution in [-0.4, -0.2) is 17.7 Å². The number of benzene rings is 1. The molecule has 0 aliphatic heterocycles. The zero-order valence-corrected chi connectivity index (χ0v) is 9.73. The molecule has 0 atom stereocenters. The van der Waals surface area contributed by atoms with Gasteiger partial charge in [0, 0.05) is 11.8 Å². The number of hydrogen-bond acceptors (Lipinski definition) is 2. The number of rotatable bonds is 5. The Bertz CT molecular complexity index is 379. The lowest BCUT2D eigenvalue weighted by Gasteiger charge is -2.04. The Morgan fingerprint density at radius 1 is 1.44 bits per heavy atom. The first-order chi connectivity index (χ1) is 7.75. The highest BCUT2D eigenvalue weighted by molar-refractivity contribution is 7.99. The van der Waals surface area contributed by atoms with E-state index >= 15 is 0 Å². The van der Waals surface area contributed by atoms with Crippen LogP contribution in [0.2, 0.25) is 0 Å². The predicted octanol–water partition coefficient (Wildman–Crippen LogP) is 2.34. The van der Waals surface area contributed by atoms with Gasteiger partial charge in [0.15, 0.2) is 0 Å². The molecule has 1 aliphatic rings. The number of amides is 1. The molecular formula is C12H14FNOS. The van der Waals surface area contributed by atoms with Crippen LogP contribution in [0.5, 0.6) is 0 Å². The zero-order valence-electron chi connectivity index (χ0n) is 8.91. The fraction of sp³-hybridized carbons (Fsp3) is 0.417. The van der Waals surface area contributed by atoms with Gasteiger partial charge in [0.25, 0.3) is 0 Å². The van der Waals surface area contributed by atoms with E-state index in [1.807, 2.05) is 6.07 Å². The smallest absolute Gasteiger partial charge is 0.230 e. The predicted molar refractivity (Wildman–Crippen MR) is 63.7 cm³/mol. The Balaban J connectivity index is 1.70. The van der Waals surface area contributed by atoms with Crippen molar-refractivity contribution in [3.8, 4) is 0 Å². The standard InChI is InChI=1S/C12H14FNOS/c13-11-4-2-1-3-9(11)7-16-8-12(15)14-10-5-6-10/h1-4,10H,5-8H2,(H,14,15). The summed E-state index contributed by atoms with van der Waals surface area (Å²) in [7, 11) is 0. The fourth-order valence-corrected chi connectivity index (χ4v) is 2.19. The molecule has 86 valence electrons. The molecule has 1 N–H and O–H groups in total. The van der Waals surface area contributed by atoms with E-state index in [1.165, 1.54) is 17.8 Å². The van der Waals surface area contributed by atoms with E-state index in [-0.39, 0.29) is 11.7 Å². The summed E-state index contributed by atoms with van der Waals surface area (Å²) in [5, 5.41) is 2.90. The third kappa shape index (κ3) is 3.52. The number of carbonyl (C=O) groups is 1. The minimum Gasteiger partial charge on any atom is -0.353 e. The summed E-state index contributed by atoms with van der Waals surface area (Å²) >= 11 is 1.45. The van der Waals surface area contributed by atoms with E-state index in [2.05, 4.69) is 5.32 Å². The van der Waals surface area contributed by atoms with Gasteiger partial charge >= 0.3 is 0 Å². The van der Waals surface area contributed by atoms with Gasteiger partial charge in [-0.05, 0) is 24.5 Å². The van der Waals surface area contributed by atoms with E-state index in [0.717, 1.165) is 12.8 Å². The van der Waals surface area contributed by atoms with Gasteiger partial charge in [0.2, 0.25) is 5.91 Å². The average molecular weight is 239 g/mol. The Kier molecular flexibility index (Phi) is 3.83. The Morgan fingerprint density at radius 2 is 2.19 bits per heavy atom. The highest BCUT2D eigenvalue weighted by Crippen LogP contribution is 2.19. The van der Waals surface area contributed by atoms with Crippen LogP contribution in [0.15, 0.2) is 24.3 Å². The summed E-state index contributed by atoms with van der Waals surface area (Å²) in [4.78, 5) is 11.3. The first-order valence-electron chi connectivity index (χ1n) is 5.36. The molecule has 1 amide bonds. The summed E-state index contributed by atoms with van der Waals surface area (Å²) in [5.41, 5.74) is 0.659. The highest BCUT2D eigenvalue weighted by Gasteiger charge is 2.22. The molecule has 2 nitrogen and oxygen atoms in total. The average Bonchev–Trinajstić information content (AvgIpc) is 3.05. The Hall–Kier alpha value is -1.03. The van der Waals surface area contributed by atoms with E-state index in [9.17, 15) is 9.18 Å². The molecule has 1 fully saturated rings. The van der Waals surface area contributed by atoms with Gasteiger partial charge in [-0.1, -0.05) is 18.2 Å². The van der Waals surface area contributed by atoms with Crippen molar-refractivity contribution < 1.29 is 9.18 Å². The van der Waals surface area contributed by atoms with Gasteiger partial charge in [0.05, 0.1) is 5.75 Å². The van der Waals surface area contributed by atoms with Crippen molar-refractivity contribution in [2.45, 2.75) is 24.6 Å². The topological polar surface area (TPSA) is 29.1 Å². The van der Waals surface area contributed by atoms with Crippen LogP contribution in [0.1, 0.15) is 18.4 Å².